The van der Waals surface area contributed by atoms with Gasteiger partial charge in [0.2, 0.25) is 0 Å². The first-order valence-electron chi connectivity index (χ1n) is 5.74. The van der Waals surface area contributed by atoms with Gasteiger partial charge in [0, 0.05) is 5.56 Å². The predicted molar refractivity (Wildman–Crippen MR) is 63.4 cm³/mol. The van der Waals surface area contributed by atoms with Gasteiger partial charge in [0.15, 0.2) is 0 Å². The zero-order valence-electron chi connectivity index (χ0n) is 10.4. The first-order valence-corrected chi connectivity index (χ1v) is 5.74. The molecule has 1 aromatic rings. The average molecular weight is 256 g/mol. The molecule has 2 N–H and O–H groups in total. The lowest BCUT2D eigenvalue weighted by molar-refractivity contribution is -0.147. The maximum atomic E-state index is 13.6. The van der Waals surface area contributed by atoms with Crippen molar-refractivity contribution in [2.24, 2.45) is 0 Å². The summed E-state index contributed by atoms with van der Waals surface area (Å²) in [5.41, 5.74) is 0.528. The molecule has 1 rings (SSSR count). The molecule has 1 aromatic carbocycles. The van der Waals surface area contributed by atoms with E-state index < -0.39 is 24.0 Å². The van der Waals surface area contributed by atoms with Crippen LogP contribution in [0.4, 0.5) is 4.39 Å². The number of hydrogen-bond donors (Lipinski definition) is 2. The van der Waals surface area contributed by atoms with Crippen molar-refractivity contribution in [2.45, 2.75) is 32.5 Å². The Balaban J connectivity index is 2.80. The molecular formula is C13H17FO4. The third-order valence-corrected chi connectivity index (χ3v) is 2.61. The fourth-order valence-corrected chi connectivity index (χ4v) is 1.71. The Morgan fingerprint density at radius 2 is 2.11 bits per heavy atom. The highest BCUT2D eigenvalue weighted by atomic mass is 19.1. The van der Waals surface area contributed by atoms with Gasteiger partial charge in [0.1, 0.15) is 11.9 Å². The van der Waals surface area contributed by atoms with Crippen LogP contribution in [-0.2, 0) is 9.53 Å². The minimum Gasteiger partial charge on any atom is -0.466 e. The minimum absolute atomic E-state index is 0.00861. The molecule has 0 radical (unpaired) electrons. The lowest BCUT2D eigenvalue weighted by atomic mass is 9.97. The molecule has 18 heavy (non-hydrogen) atoms. The van der Waals surface area contributed by atoms with Gasteiger partial charge in [-0.15, -0.1) is 0 Å². The van der Waals surface area contributed by atoms with Gasteiger partial charge in [0.25, 0.3) is 0 Å². The fraction of sp³-hybridized carbons (Fsp3) is 0.462. The highest BCUT2D eigenvalue weighted by Gasteiger charge is 2.25. The third kappa shape index (κ3) is 3.51. The van der Waals surface area contributed by atoms with Crippen molar-refractivity contribution in [1.29, 1.82) is 0 Å². The highest BCUT2D eigenvalue weighted by molar-refractivity contribution is 5.70. The van der Waals surface area contributed by atoms with E-state index in [1.807, 2.05) is 0 Å². The Morgan fingerprint density at radius 3 is 2.67 bits per heavy atom. The topological polar surface area (TPSA) is 66.8 Å². The molecule has 0 saturated heterocycles. The number of aryl methyl sites for hydroxylation is 1. The van der Waals surface area contributed by atoms with Crippen LogP contribution in [0.15, 0.2) is 18.2 Å². The molecule has 2 unspecified atom stereocenters. The maximum absolute atomic E-state index is 13.6. The van der Waals surface area contributed by atoms with Crippen LogP contribution in [0.5, 0.6) is 0 Å². The van der Waals surface area contributed by atoms with E-state index in [1.54, 1.807) is 19.9 Å². The summed E-state index contributed by atoms with van der Waals surface area (Å²) in [5.74, 6) is -1.23. The molecule has 0 heterocycles. The number of esters is 1. The Kier molecular flexibility index (Phi) is 5.25. The Bertz CT molecular complexity index is 399. The van der Waals surface area contributed by atoms with Crippen molar-refractivity contribution in [3.8, 4) is 0 Å². The van der Waals surface area contributed by atoms with Crippen LogP contribution < -0.4 is 0 Å². The molecule has 0 aromatic heterocycles. The van der Waals surface area contributed by atoms with E-state index in [0.29, 0.717) is 5.56 Å². The molecule has 4 nitrogen and oxygen atoms in total. The van der Waals surface area contributed by atoms with E-state index in [1.165, 1.54) is 12.1 Å². The van der Waals surface area contributed by atoms with Crippen molar-refractivity contribution >= 4 is 5.97 Å². The molecule has 0 amide bonds. The molecule has 100 valence electrons. The lowest BCUT2D eigenvalue weighted by Gasteiger charge is -2.19. The monoisotopic (exact) mass is 256 g/mol. The lowest BCUT2D eigenvalue weighted by Crippen LogP contribution is -2.24. The molecule has 0 aliphatic rings. The molecule has 0 saturated carbocycles. The number of hydrogen-bond acceptors (Lipinski definition) is 4. The zero-order chi connectivity index (χ0) is 13.7. The first kappa shape index (κ1) is 14.6. The summed E-state index contributed by atoms with van der Waals surface area (Å²) in [6.07, 6.45) is -3.21. The van der Waals surface area contributed by atoms with Gasteiger partial charge in [-0.25, -0.2) is 4.39 Å². The van der Waals surface area contributed by atoms with Crippen LogP contribution in [0.25, 0.3) is 0 Å². The summed E-state index contributed by atoms with van der Waals surface area (Å²) < 4.78 is 18.2. The SMILES string of the molecule is CCOC(=O)CC(O)C(O)c1c(C)cccc1F. The summed E-state index contributed by atoms with van der Waals surface area (Å²) in [6.45, 7) is 3.46. The summed E-state index contributed by atoms with van der Waals surface area (Å²) in [6, 6.07) is 4.33. The van der Waals surface area contributed by atoms with Crippen molar-refractivity contribution in [3.63, 3.8) is 0 Å². The van der Waals surface area contributed by atoms with Crippen molar-refractivity contribution < 1.29 is 24.1 Å². The van der Waals surface area contributed by atoms with Gasteiger partial charge in [0.05, 0.1) is 19.1 Å². The second kappa shape index (κ2) is 6.47. The molecule has 5 heteroatoms. The van der Waals surface area contributed by atoms with Crippen LogP contribution in [0.3, 0.4) is 0 Å². The van der Waals surface area contributed by atoms with Gasteiger partial charge in [-0.1, -0.05) is 12.1 Å². The molecule has 0 fully saturated rings. The van der Waals surface area contributed by atoms with E-state index in [2.05, 4.69) is 4.74 Å². The minimum atomic E-state index is -1.45. The number of rotatable bonds is 5. The van der Waals surface area contributed by atoms with Crippen LogP contribution in [0.2, 0.25) is 0 Å². The van der Waals surface area contributed by atoms with E-state index >= 15 is 0 Å². The van der Waals surface area contributed by atoms with Crippen LogP contribution in [0.1, 0.15) is 30.6 Å². The Labute approximate surface area is 105 Å². The molecule has 0 aliphatic carbocycles. The van der Waals surface area contributed by atoms with Crippen molar-refractivity contribution in [2.75, 3.05) is 6.61 Å². The molecule has 2 atom stereocenters. The Hall–Kier alpha value is -1.46. The summed E-state index contributed by atoms with van der Waals surface area (Å²) in [7, 11) is 0. The molecule has 0 aliphatic heterocycles. The molecule has 0 spiro atoms. The highest BCUT2D eigenvalue weighted by Crippen LogP contribution is 2.25. The number of aliphatic hydroxyl groups excluding tert-OH is 2. The van der Waals surface area contributed by atoms with Crippen LogP contribution in [0, 0.1) is 12.7 Å². The average Bonchev–Trinajstić information content (AvgIpc) is 2.28. The standard InChI is InChI=1S/C13H17FO4/c1-3-18-11(16)7-10(15)13(17)12-8(2)5-4-6-9(12)14/h4-6,10,13,15,17H,3,7H2,1-2H3. The van der Waals surface area contributed by atoms with Crippen LogP contribution in [-0.4, -0.2) is 28.9 Å². The second-order valence-electron chi connectivity index (χ2n) is 3.99. The summed E-state index contributed by atoms with van der Waals surface area (Å²) in [4.78, 5) is 11.2. The van der Waals surface area contributed by atoms with Gasteiger partial charge in [-0.3, -0.25) is 4.79 Å². The van der Waals surface area contributed by atoms with E-state index in [9.17, 15) is 19.4 Å². The molecule has 0 bridgehead atoms. The van der Waals surface area contributed by atoms with Gasteiger partial charge < -0.3 is 14.9 Å². The maximum Gasteiger partial charge on any atom is 0.308 e. The molecular weight excluding hydrogens is 239 g/mol. The quantitative estimate of drug-likeness (QED) is 0.783. The number of carbonyl (C=O) groups excluding carboxylic acids is 1. The number of ether oxygens (including phenoxy) is 1. The Morgan fingerprint density at radius 1 is 1.44 bits per heavy atom. The van der Waals surface area contributed by atoms with E-state index in [0.717, 1.165) is 0 Å². The van der Waals surface area contributed by atoms with Crippen molar-refractivity contribution in [1.82, 2.24) is 0 Å². The largest absolute Gasteiger partial charge is 0.466 e. The zero-order valence-corrected chi connectivity index (χ0v) is 10.4. The van der Waals surface area contributed by atoms with E-state index in [4.69, 9.17) is 0 Å². The summed E-state index contributed by atoms with van der Waals surface area (Å²) >= 11 is 0. The predicted octanol–water partition coefficient (Wildman–Crippen LogP) is 1.48. The third-order valence-electron chi connectivity index (χ3n) is 2.61. The van der Waals surface area contributed by atoms with Gasteiger partial charge in [-0.2, -0.15) is 0 Å². The first-order chi connectivity index (χ1) is 8.47. The number of benzene rings is 1. The van der Waals surface area contributed by atoms with Crippen molar-refractivity contribution in [3.05, 3.63) is 35.1 Å². The van der Waals surface area contributed by atoms with E-state index in [-0.39, 0.29) is 18.6 Å². The fourth-order valence-electron chi connectivity index (χ4n) is 1.71. The normalized spacial score (nSPS) is 14.1. The number of aliphatic hydroxyl groups is 2. The summed E-state index contributed by atoms with van der Waals surface area (Å²) in [5, 5.41) is 19.6. The number of carbonyl (C=O) groups is 1. The van der Waals surface area contributed by atoms with Gasteiger partial charge >= 0.3 is 5.97 Å². The van der Waals surface area contributed by atoms with Gasteiger partial charge in [-0.05, 0) is 25.5 Å². The number of halogens is 1. The van der Waals surface area contributed by atoms with Crippen LogP contribution >= 0.6 is 0 Å². The second-order valence-corrected chi connectivity index (χ2v) is 3.99. The smallest absolute Gasteiger partial charge is 0.308 e.